The van der Waals surface area contributed by atoms with Crippen molar-refractivity contribution in [1.82, 2.24) is 10.3 Å². The largest absolute Gasteiger partial charge is 0.493 e. The highest BCUT2D eigenvalue weighted by Crippen LogP contribution is 2.28. The molecule has 0 aromatic heterocycles. The summed E-state index contributed by atoms with van der Waals surface area (Å²) < 4.78 is 17.6. The second-order valence-electron chi connectivity index (χ2n) is 6.51. The Kier molecular flexibility index (Phi) is 8.03. The van der Waals surface area contributed by atoms with Crippen molar-refractivity contribution in [2.75, 3.05) is 40.0 Å². The van der Waals surface area contributed by atoms with E-state index in [1.54, 1.807) is 13.3 Å². The molecule has 154 valence electrons. The van der Waals surface area contributed by atoms with E-state index in [1.165, 1.54) is 0 Å². The van der Waals surface area contributed by atoms with Gasteiger partial charge in [0.2, 0.25) is 0 Å². The Morgan fingerprint density at radius 2 is 1.97 bits per heavy atom. The molecule has 3 rings (SSSR count). The van der Waals surface area contributed by atoms with Gasteiger partial charge >= 0.3 is 0 Å². The molecule has 2 aromatic carbocycles. The molecule has 1 aliphatic rings. The number of morpholine rings is 1. The number of carbonyl (C=O) groups excluding carboxylic acids is 1. The molecule has 7 nitrogen and oxygen atoms in total. The lowest BCUT2D eigenvalue weighted by Crippen LogP contribution is -2.42. The number of nitrogens with zero attached hydrogens (tertiary/aromatic N) is 2. The monoisotopic (exact) mass is 461 g/mol. The number of nitrogens with one attached hydrogen (secondary N) is 1. The minimum atomic E-state index is -0.149. The van der Waals surface area contributed by atoms with E-state index >= 15 is 0 Å². The standard InChI is InChI=1S/C21H24BrN3O4/c1-27-20-12-17(13-23-24-21(26)14-25-8-10-28-11-9-25)4-7-19(20)29-15-16-2-5-18(22)6-3-16/h2-7,12-13H,8-11,14-15H2,1H3,(H,24,26)/b23-13-. The number of carbonyl (C=O) groups is 1. The number of hydrazone groups is 1. The quantitative estimate of drug-likeness (QED) is 0.483. The summed E-state index contributed by atoms with van der Waals surface area (Å²) in [5.41, 5.74) is 4.41. The normalized spacial score (nSPS) is 14.7. The Hall–Kier alpha value is -2.42. The second kappa shape index (κ2) is 10.9. The van der Waals surface area contributed by atoms with Crippen LogP contribution in [0.1, 0.15) is 11.1 Å². The van der Waals surface area contributed by atoms with Crippen molar-refractivity contribution in [3.8, 4) is 11.5 Å². The van der Waals surface area contributed by atoms with Crippen LogP contribution in [0.15, 0.2) is 52.0 Å². The molecule has 8 heteroatoms. The lowest BCUT2D eigenvalue weighted by molar-refractivity contribution is -0.123. The summed E-state index contributed by atoms with van der Waals surface area (Å²) in [5, 5.41) is 4.03. The summed E-state index contributed by atoms with van der Waals surface area (Å²) in [6.45, 7) is 3.59. The lowest BCUT2D eigenvalue weighted by Gasteiger charge is -2.25. The summed E-state index contributed by atoms with van der Waals surface area (Å²) in [6.07, 6.45) is 1.58. The molecule has 0 aliphatic carbocycles. The van der Waals surface area contributed by atoms with Crippen LogP contribution in [0.4, 0.5) is 0 Å². The second-order valence-corrected chi connectivity index (χ2v) is 7.42. The van der Waals surface area contributed by atoms with E-state index in [0.717, 1.165) is 28.7 Å². The average molecular weight is 462 g/mol. The lowest BCUT2D eigenvalue weighted by atomic mass is 10.2. The van der Waals surface area contributed by atoms with Crippen LogP contribution in [0.5, 0.6) is 11.5 Å². The van der Waals surface area contributed by atoms with Crippen LogP contribution < -0.4 is 14.9 Å². The molecular formula is C21H24BrN3O4. The summed E-state index contributed by atoms with van der Waals surface area (Å²) in [4.78, 5) is 14.0. The molecule has 2 aromatic rings. The van der Waals surface area contributed by atoms with Gasteiger partial charge in [-0.2, -0.15) is 5.10 Å². The third-order valence-corrected chi connectivity index (χ3v) is 4.90. The van der Waals surface area contributed by atoms with Crippen molar-refractivity contribution in [3.05, 3.63) is 58.1 Å². The number of rotatable bonds is 8. The van der Waals surface area contributed by atoms with Crippen LogP contribution in [0.3, 0.4) is 0 Å². The minimum absolute atomic E-state index is 0.149. The van der Waals surface area contributed by atoms with E-state index in [4.69, 9.17) is 14.2 Å². The molecule has 29 heavy (non-hydrogen) atoms. The molecule has 1 N–H and O–H groups in total. The number of methoxy groups -OCH3 is 1. The van der Waals surface area contributed by atoms with Gasteiger partial charge in [-0.05, 0) is 41.5 Å². The Labute approximate surface area is 178 Å². The van der Waals surface area contributed by atoms with E-state index in [9.17, 15) is 4.79 Å². The first kappa shape index (κ1) is 21.3. The number of amides is 1. The molecule has 1 amide bonds. The summed E-state index contributed by atoms with van der Waals surface area (Å²) in [5.74, 6) is 1.10. The van der Waals surface area contributed by atoms with Crippen molar-refractivity contribution in [1.29, 1.82) is 0 Å². The Bertz CT molecular complexity index is 836. The van der Waals surface area contributed by atoms with Gasteiger partial charge < -0.3 is 14.2 Å². The van der Waals surface area contributed by atoms with Crippen LogP contribution in [0.2, 0.25) is 0 Å². The number of hydrogen-bond acceptors (Lipinski definition) is 6. The van der Waals surface area contributed by atoms with Crippen molar-refractivity contribution < 1.29 is 19.0 Å². The molecule has 0 spiro atoms. The maximum absolute atomic E-state index is 12.0. The van der Waals surface area contributed by atoms with Crippen molar-refractivity contribution in [2.45, 2.75) is 6.61 Å². The fourth-order valence-electron chi connectivity index (χ4n) is 2.80. The average Bonchev–Trinajstić information content (AvgIpc) is 2.74. The summed E-state index contributed by atoms with van der Waals surface area (Å²) in [7, 11) is 1.59. The minimum Gasteiger partial charge on any atom is -0.493 e. The van der Waals surface area contributed by atoms with Gasteiger partial charge in [0, 0.05) is 17.6 Å². The number of ether oxygens (including phenoxy) is 3. The molecule has 1 heterocycles. The van der Waals surface area contributed by atoms with Crippen LogP contribution in [-0.2, 0) is 16.1 Å². The fourth-order valence-corrected chi connectivity index (χ4v) is 3.07. The van der Waals surface area contributed by atoms with E-state index in [0.29, 0.717) is 37.9 Å². The maximum Gasteiger partial charge on any atom is 0.254 e. The van der Waals surface area contributed by atoms with Crippen LogP contribution in [0.25, 0.3) is 0 Å². The molecule has 0 bridgehead atoms. The van der Waals surface area contributed by atoms with Gasteiger partial charge in [0.1, 0.15) is 6.61 Å². The van der Waals surface area contributed by atoms with E-state index in [-0.39, 0.29) is 5.91 Å². The Balaban J connectivity index is 1.52. The molecule has 0 saturated carbocycles. The molecule has 1 saturated heterocycles. The predicted octanol–water partition coefficient (Wildman–Crippen LogP) is 2.82. The summed E-state index contributed by atoms with van der Waals surface area (Å²) >= 11 is 3.42. The van der Waals surface area contributed by atoms with Crippen LogP contribution in [-0.4, -0.2) is 57.0 Å². The predicted molar refractivity (Wildman–Crippen MR) is 114 cm³/mol. The van der Waals surface area contributed by atoms with Gasteiger partial charge in [-0.3, -0.25) is 9.69 Å². The van der Waals surface area contributed by atoms with Crippen molar-refractivity contribution >= 4 is 28.1 Å². The van der Waals surface area contributed by atoms with E-state index in [1.807, 2.05) is 47.4 Å². The van der Waals surface area contributed by atoms with Crippen molar-refractivity contribution in [2.24, 2.45) is 5.10 Å². The zero-order valence-corrected chi connectivity index (χ0v) is 17.9. The summed E-state index contributed by atoms with van der Waals surface area (Å²) in [6, 6.07) is 13.4. The van der Waals surface area contributed by atoms with Gasteiger partial charge in [-0.15, -0.1) is 0 Å². The third-order valence-electron chi connectivity index (χ3n) is 4.37. The SMILES string of the molecule is COc1cc(/C=N\NC(=O)CN2CCOCC2)ccc1OCc1ccc(Br)cc1. The van der Waals surface area contributed by atoms with Gasteiger partial charge in [-0.1, -0.05) is 28.1 Å². The number of halogens is 1. The zero-order valence-electron chi connectivity index (χ0n) is 16.3. The molecule has 0 radical (unpaired) electrons. The highest BCUT2D eigenvalue weighted by atomic mass is 79.9. The fraction of sp³-hybridized carbons (Fsp3) is 0.333. The van der Waals surface area contributed by atoms with Gasteiger partial charge in [0.25, 0.3) is 5.91 Å². The van der Waals surface area contributed by atoms with Crippen LogP contribution in [0, 0.1) is 0 Å². The first-order chi connectivity index (χ1) is 14.1. The van der Waals surface area contributed by atoms with Gasteiger partial charge in [0.05, 0.1) is 33.1 Å². The van der Waals surface area contributed by atoms with Crippen molar-refractivity contribution in [3.63, 3.8) is 0 Å². The van der Waals surface area contributed by atoms with Gasteiger partial charge in [-0.25, -0.2) is 5.43 Å². The Morgan fingerprint density at radius 1 is 1.21 bits per heavy atom. The van der Waals surface area contributed by atoms with Crippen LogP contribution >= 0.6 is 15.9 Å². The first-order valence-electron chi connectivity index (χ1n) is 9.31. The molecule has 1 fully saturated rings. The molecule has 0 atom stereocenters. The maximum atomic E-state index is 12.0. The van der Waals surface area contributed by atoms with E-state index < -0.39 is 0 Å². The molecular weight excluding hydrogens is 438 g/mol. The highest BCUT2D eigenvalue weighted by molar-refractivity contribution is 9.10. The smallest absolute Gasteiger partial charge is 0.254 e. The third kappa shape index (κ3) is 6.85. The van der Waals surface area contributed by atoms with Gasteiger partial charge in [0.15, 0.2) is 11.5 Å². The first-order valence-corrected chi connectivity index (χ1v) is 10.1. The van der Waals surface area contributed by atoms with E-state index in [2.05, 4.69) is 26.5 Å². The highest BCUT2D eigenvalue weighted by Gasteiger charge is 2.13. The zero-order chi connectivity index (χ0) is 20.5. The Morgan fingerprint density at radius 3 is 2.69 bits per heavy atom. The molecule has 1 aliphatic heterocycles. The molecule has 0 unspecified atom stereocenters. The topological polar surface area (TPSA) is 72.4 Å². The number of hydrogen-bond donors (Lipinski definition) is 1. The number of benzene rings is 2.